The van der Waals surface area contributed by atoms with Crippen molar-refractivity contribution >= 4 is 44.8 Å². The average Bonchev–Trinajstić information content (AvgIpc) is 2.69. The zero-order chi connectivity index (χ0) is 20.5. The number of nitrogen functional groups attached to an aromatic ring is 2. The third-order valence-corrected chi connectivity index (χ3v) is 6.16. The minimum Gasteiger partial charge on any atom is -0.398 e. The Morgan fingerprint density at radius 2 is 1.18 bits per heavy atom. The molecule has 2 aromatic carbocycles. The lowest BCUT2D eigenvalue weighted by Gasteiger charge is -2.14. The molecule has 0 aliphatic carbocycles. The van der Waals surface area contributed by atoms with E-state index in [4.69, 9.17) is 21.7 Å². The summed E-state index contributed by atoms with van der Waals surface area (Å²) in [4.78, 5) is 25.7. The summed E-state index contributed by atoms with van der Waals surface area (Å²) in [7, 11) is 2.43. The molecule has 0 aromatic heterocycles. The van der Waals surface area contributed by atoms with Crippen molar-refractivity contribution in [3.8, 4) is 0 Å². The van der Waals surface area contributed by atoms with Gasteiger partial charge in [-0.3, -0.25) is 9.59 Å². The molecule has 0 fully saturated rings. The number of hydrogen-bond donors (Lipinski definition) is 6. The molecule has 2 rings (SSSR count). The van der Waals surface area contributed by atoms with Crippen molar-refractivity contribution in [2.45, 2.75) is 9.79 Å². The molecule has 0 atom stereocenters. The highest BCUT2D eigenvalue weighted by molar-refractivity contribution is 8.76. The Kier molecular flexibility index (Phi) is 8.45. The van der Waals surface area contributed by atoms with Crippen LogP contribution in [0.4, 0.5) is 11.4 Å². The fraction of sp³-hybridized carbons (Fsp3) is 0.222. The van der Waals surface area contributed by atoms with E-state index in [-0.39, 0.29) is 38.1 Å². The van der Waals surface area contributed by atoms with Crippen LogP contribution >= 0.6 is 21.6 Å². The largest absolute Gasteiger partial charge is 0.398 e. The first-order chi connectivity index (χ1) is 13.5. The number of nitrogens with two attached hydrogens (primary N) is 2. The molecule has 0 spiro atoms. The lowest BCUT2D eigenvalue weighted by molar-refractivity contribution is 0.0934. The molecule has 0 radical (unpaired) electrons. The Bertz CT molecular complexity index is 779. The van der Waals surface area contributed by atoms with Gasteiger partial charge in [0.15, 0.2) is 0 Å². The van der Waals surface area contributed by atoms with Gasteiger partial charge < -0.3 is 32.3 Å². The number of carbonyl (C=O) groups is 2. The van der Waals surface area contributed by atoms with E-state index in [1.165, 1.54) is 21.6 Å². The maximum atomic E-state index is 12.3. The summed E-state index contributed by atoms with van der Waals surface area (Å²) >= 11 is 0. The van der Waals surface area contributed by atoms with Crippen LogP contribution < -0.4 is 22.1 Å². The van der Waals surface area contributed by atoms with Crippen LogP contribution in [-0.2, 0) is 0 Å². The second kappa shape index (κ2) is 10.8. The Hall–Kier alpha value is -2.40. The smallest absolute Gasteiger partial charge is 0.252 e. The predicted octanol–water partition coefficient (Wildman–Crippen LogP) is 1.09. The van der Waals surface area contributed by atoms with Crippen molar-refractivity contribution in [2.24, 2.45) is 0 Å². The van der Waals surface area contributed by atoms with Crippen LogP contribution in [0, 0.1) is 0 Å². The van der Waals surface area contributed by atoms with Crippen LogP contribution in [0.1, 0.15) is 20.7 Å². The van der Waals surface area contributed by atoms with E-state index in [1.54, 1.807) is 36.4 Å². The molecular formula is C18H22N4O4S2. The zero-order valence-corrected chi connectivity index (χ0v) is 16.6. The fourth-order valence-corrected chi connectivity index (χ4v) is 4.88. The van der Waals surface area contributed by atoms with Crippen LogP contribution in [-0.4, -0.2) is 48.3 Å². The first kappa shape index (κ1) is 21.9. The third-order valence-electron chi connectivity index (χ3n) is 3.58. The molecule has 0 aliphatic rings. The third kappa shape index (κ3) is 5.55. The summed E-state index contributed by atoms with van der Waals surface area (Å²) in [6.07, 6.45) is 0. The first-order valence-corrected chi connectivity index (χ1v) is 10.5. The van der Waals surface area contributed by atoms with Crippen LogP contribution in [0.25, 0.3) is 0 Å². The molecule has 150 valence electrons. The summed E-state index contributed by atoms with van der Waals surface area (Å²) in [6, 6.07) is 9.96. The van der Waals surface area contributed by atoms with Crippen molar-refractivity contribution in [1.29, 1.82) is 0 Å². The van der Waals surface area contributed by atoms with Gasteiger partial charge in [-0.05, 0) is 45.9 Å². The van der Waals surface area contributed by atoms with Gasteiger partial charge in [-0.25, -0.2) is 0 Å². The molecule has 0 saturated carbocycles. The van der Waals surface area contributed by atoms with Gasteiger partial charge in [-0.1, -0.05) is 12.1 Å². The number of aliphatic hydroxyl groups is 2. The van der Waals surface area contributed by atoms with E-state index in [9.17, 15) is 9.59 Å². The van der Waals surface area contributed by atoms with E-state index in [1.807, 2.05) is 0 Å². The molecule has 0 heterocycles. The molecule has 28 heavy (non-hydrogen) atoms. The van der Waals surface area contributed by atoms with Crippen LogP contribution in [0.5, 0.6) is 0 Å². The van der Waals surface area contributed by atoms with Crippen LogP contribution in [0.15, 0.2) is 46.2 Å². The topological polar surface area (TPSA) is 151 Å². The maximum Gasteiger partial charge on any atom is 0.252 e. The summed E-state index contributed by atoms with van der Waals surface area (Å²) in [5.74, 6) is -0.710. The van der Waals surface area contributed by atoms with Crippen LogP contribution in [0.3, 0.4) is 0 Å². The summed E-state index contributed by atoms with van der Waals surface area (Å²) in [5, 5.41) is 23.0. The monoisotopic (exact) mass is 422 g/mol. The van der Waals surface area contributed by atoms with E-state index >= 15 is 0 Å². The molecule has 0 aliphatic heterocycles. The molecule has 8 N–H and O–H groups in total. The summed E-state index contributed by atoms with van der Waals surface area (Å²) in [6.45, 7) is -0.0757. The lowest BCUT2D eigenvalue weighted by Crippen LogP contribution is -2.27. The molecule has 0 bridgehead atoms. The zero-order valence-electron chi connectivity index (χ0n) is 15.0. The van der Waals surface area contributed by atoms with Crippen LogP contribution in [0.2, 0.25) is 0 Å². The van der Waals surface area contributed by atoms with Crippen molar-refractivity contribution in [1.82, 2.24) is 10.6 Å². The van der Waals surface area contributed by atoms with Gasteiger partial charge >= 0.3 is 0 Å². The normalized spacial score (nSPS) is 10.5. The molecular weight excluding hydrogens is 400 g/mol. The standard InChI is InChI=1S/C18H22N4O4S2/c19-13-5-1-3-11(17(25)21-7-9-23)15(13)27-28-16-12(4-2-6-14(16)20)18(26)22-8-10-24/h1-6,23-24H,7-10,19-20H2,(H,21,25)(H,22,26). The number of hydrogen-bond acceptors (Lipinski definition) is 8. The van der Waals surface area contributed by atoms with Gasteiger partial charge in [-0.2, -0.15) is 0 Å². The Morgan fingerprint density at radius 3 is 1.54 bits per heavy atom. The molecule has 0 saturated heterocycles. The quantitative estimate of drug-likeness (QED) is 0.260. The number of rotatable bonds is 9. The minimum atomic E-state index is -0.355. The number of amides is 2. The van der Waals surface area contributed by atoms with Gasteiger partial charge in [-0.15, -0.1) is 0 Å². The van der Waals surface area contributed by atoms with E-state index < -0.39 is 0 Å². The predicted molar refractivity (Wildman–Crippen MR) is 112 cm³/mol. The molecule has 0 unspecified atom stereocenters. The second-order valence-electron chi connectivity index (χ2n) is 5.57. The lowest BCUT2D eigenvalue weighted by atomic mass is 10.2. The number of carbonyl (C=O) groups excluding carboxylic acids is 2. The molecule has 2 amide bonds. The van der Waals surface area contributed by atoms with Gasteiger partial charge in [0.25, 0.3) is 11.8 Å². The highest BCUT2D eigenvalue weighted by atomic mass is 33.1. The average molecular weight is 423 g/mol. The van der Waals surface area contributed by atoms with Gasteiger partial charge in [0.2, 0.25) is 0 Å². The highest BCUT2D eigenvalue weighted by Crippen LogP contribution is 2.45. The molecule has 10 heteroatoms. The van der Waals surface area contributed by atoms with Crippen molar-refractivity contribution < 1.29 is 19.8 Å². The SMILES string of the molecule is Nc1cccc(C(=O)NCCO)c1SSc1c(N)cccc1C(=O)NCCO. The van der Waals surface area contributed by atoms with Gasteiger partial charge in [0.1, 0.15) is 0 Å². The van der Waals surface area contributed by atoms with E-state index in [0.717, 1.165) is 0 Å². The number of anilines is 2. The molecule has 2 aromatic rings. The first-order valence-electron chi connectivity index (χ1n) is 8.39. The van der Waals surface area contributed by atoms with E-state index in [2.05, 4.69) is 10.6 Å². The maximum absolute atomic E-state index is 12.3. The van der Waals surface area contributed by atoms with Gasteiger partial charge in [0.05, 0.1) is 34.1 Å². The second-order valence-corrected chi connectivity index (χ2v) is 7.72. The fourth-order valence-electron chi connectivity index (χ4n) is 2.27. The Balaban J connectivity index is 2.27. The summed E-state index contributed by atoms with van der Waals surface area (Å²) < 4.78 is 0. The highest BCUT2D eigenvalue weighted by Gasteiger charge is 2.18. The van der Waals surface area contributed by atoms with Crippen molar-refractivity contribution in [3.63, 3.8) is 0 Å². The summed E-state index contributed by atoms with van der Waals surface area (Å²) in [5.41, 5.74) is 13.7. The minimum absolute atomic E-state index is 0.131. The number of nitrogens with one attached hydrogen (secondary N) is 2. The van der Waals surface area contributed by atoms with Gasteiger partial charge in [0, 0.05) is 24.5 Å². The van der Waals surface area contributed by atoms with Crippen molar-refractivity contribution in [3.05, 3.63) is 47.5 Å². The Labute approximate surface area is 170 Å². The number of aliphatic hydroxyl groups excluding tert-OH is 2. The van der Waals surface area contributed by atoms with Crippen molar-refractivity contribution in [2.75, 3.05) is 37.8 Å². The molecule has 8 nitrogen and oxygen atoms in total. The number of benzene rings is 2. The van der Waals surface area contributed by atoms with E-state index in [0.29, 0.717) is 32.3 Å². The Morgan fingerprint density at radius 1 is 0.786 bits per heavy atom.